The van der Waals surface area contributed by atoms with E-state index in [0.717, 1.165) is 25.3 Å². The van der Waals surface area contributed by atoms with Crippen LogP contribution in [0.3, 0.4) is 0 Å². The molecule has 1 aromatic heterocycles. The van der Waals surface area contributed by atoms with Crippen LogP contribution in [0.15, 0.2) is 24.4 Å². The molecule has 23 heavy (non-hydrogen) atoms. The van der Waals surface area contributed by atoms with Crippen LogP contribution < -0.4 is 5.32 Å². The van der Waals surface area contributed by atoms with Gasteiger partial charge in [-0.2, -0.15) is 17.0 Å². The molecule has 0 bridgehead atoms. The van der Waals surface area contributed by atoms with Crippen LogP contribution in [0.5, 0.6) is 0 Å². The molecule has 1 aromatic rings. The molecule has 0 unspecified atom stereocenters. The van der Waals surface area contributed by atoms with E-state index in [-0.39, 0.29) is 18.1 Å². The zero-order valence-corrected chi connectivity index (χ0v) is 14.4. The first kappa shape index (κ1) is 16.6. The Balaban J connectivity index is 1.82. The third kappa shape index (κ3) is 3.50. The molecule has 0 aliphatic carbocycles. The van der Waals surface area contributed by atoms with Crippen LogP contribution >= 0.6 is 0 Å². The molecule has 2 aliphatic heterocycles. The fourth-order valence-electron chi connectivity index (χ4n) is 3.35. The summed E-state index contributed by atoms with van der Waals surface area (Å²) in [6.07, 6.45) is 3.72. The Labute approximate surface area is 137 Å². The predicted octanol–water partition coefficient (Wildman–Crippen LogP) is 0.779. The molecule has 2 fully saturated rings. The van der Waals surface area contributed by atoms with Gasteiger partial charge in [0.15, 0.2) is 0 Å². The van der Waals surface area contributed by atoms with Gasteiger partial charge >= 0.3 is 0 Å². The smallest absolute Gasteiger partial charge is 0.281 e. The van der Waals surface area contributed by atoms with Gasteiger partial charge in [-0.15, -0.1) is 0 Å². The number of fused-ring (bicyclic) bond motifs is 1. The van der Waals surface area contributed by atoms with Crippen molar-refractivity contribution in [3.8, 4) is 0 Å². The van der Waals surface area contributed by atoms with Crippen LogP contribution in [0.2, 0.25) is 0 Å². The molecule has 2 saturated heterocycles. The lowest BCUT2D eigenvalue weighted by Crippen LogP contribution is -2.60. The van der Waals surface area contributed by atoms with Gasteiger partial charge in [-0.3, -0.25) is 0 Å². The summed E-state index contributed by atoms with van der Waals surface area (Å²) in [5.74, 6) is 0.961. The third-order valence-corrected chi connectivity index (χ3v) is 6.39. The number of rotatable bonds is 4. The van der Waals surface area contributed by atoms with Crippen LogP contribution in [0.25, 0.3) is 0 Å². The molecule has 0 saturated carbocycles. The van der Waals surface area contributed by atoms with Crippen molar-refractivity contribution in [1.82, 2.24) is 13.6 Å². The van der Waals surface area contributed by atoms with Crippen molar-refractivity contribution < 1.29 is 13.2 Å². The number of nitrogens with zero attached hydrogens (tertiary/aromatic N) is 3. The Hall–Kier alpha value is -1.22. The lowest BCUT2D eigenvalue weighted by Gasteiger charge is -2.45. The zero-order valence-electron chi connectivity index (χ0n) is 13.6. The number of nitrogens with one attached hydrogen (secondary N) is 1. The highest BCUT2D eigenvalue weighted by molar-refractivity contribution is 7.86. The van der Waals surface area contributed by atoms with Crippen molar-refractivity contribution in [3.05, 3.63) is 24.4 Å². The van der Waals surface area contributed by atoms with Gasteiger partial charge in [0.05, 0.1) is 12.1 Å². The first-order valence-electron chi connectivity index (χ1n) is 7.95. The Morgan fingerprint density at radius 1 is 1.35 bits per heavy atom. The quantitative estimate of drug-likeness (QED) is 0.877. The van der Waals surface area contributed by atoms with Gasteiger partial charge in [0.25, 0.3) is 10.2 Å². The molecule has 1 N–H and O–H groups in total. The summed E-state index contributed by atoms with van der Waals surface area (Å²) in [6.45, 7) is 1.64. The molecule has 0 spiro atoms. The van der Waals surface area contributed by atoms with E-state index in [1.54, 1.807) is 24.6 Å². The monoisotopic (exact) mass is 340 g/mol. The molecule has 0 amide bonds. The summed E-state index contributed by atoms with van der Waals surface area (Å²) in [7, 11) is -0.286. The van der Waals surface area contributed by atoms with Gasteiger partial charge < -0.3 is 10.1 Å². The Kier molecular flexibility index (Phi) is 4.86. The Bertz CT molecular complexity index is 623. The summed E-state index contributed by atoms with van der Waals surface area (Å²) in [5, 5.41) is 3.36. The van der Waals surface area contributed by atoms with E-state index in [9.17, 15) is 8.42 Å². The maximum Gasteiger partial charge on any atom is 0.281 e. The topological polar surface area (TPSA) is 74.8 Å². The van der Waals surface area contributed by atoms with E-state index < -0.39 is 10.2 Å². The minimum absolute atomic E-state index is 0.0272. The van der Waals surface area contributed by atoms with E-state index in [0.29, 0.717) is 13.1 Å². The van der Waals surface area contributed by atoms with Gasteiger partial charge in [-0.1, -0.05) is 6.07 Å². The molecule has 7 nitrogen and oxygen atoms in total. The molecule has 0 radical (unpaired) electrons. The summed E-state index contributed by atoms with van der Waals surface area (Å²) < 4.78 is 33.8. The number of ether oxygens (including phenoxy) is 1. The molecule has 2 aliphatic rings. The Morgan fingerprint density at radius 3 is 2.87 bits per heavy atom. The zero-order chi connectivity index (χ0) is 16.4. The van der Waals surface area contributed by atoms with Crippen molar-refractivity contribution in [2.45, 2.75) is 25.0 Å². The third-order valence-electron chi connectivity index (χ3n) is 4.52. The van der Waals surface area contributed by atoms with Gasteiger partial charge in [0, 0.05) is 45.9 Å². The molecule has 8 heteroatoms. The van der Waals surface area contributed by atoms with Crippen LogP contribution in [0.1, 0.15) is 12.8 Å². The average molecular weight is 340 g/mol. The average Bonchev–Trinajstić information content (AvgIpc) is 2.55. The maximum atomic E-state index is 12.5. The largest absolute Gasteiger partial charge is 0.376 e. The summed E-state index contributed by atoms with van der Waals surface area (Å²) in [6, 6.07) is 5.55. The molecule has 0 aromatic carbocycles. The number of hydrogen-bond acceptors (Lipinski definition) is 5. The summed E-state index contributed by atoms with van der Waals surface area (Å²) in [4.78, 5) is 4.29. The minimum Gasteiger partial charge on any atom is -0.376 e. The number of hydrogen-bond donors (Lipinski definition) is 1. The van der Waals surface area contributed by atoms with Crippen LogP contribution in [0.4, 0.5) is 5.82 Å². The highest BCUT2D eigenvalue weighted by Crippen LogP contribution is 2.31. The normalized spacial score (nSPS) is 29.3. The van der Waals surface area contributed by atoms with Crippen LogP contribution in [-0.4, -0.2) is 67.9 Å². The predicted molar refractivity (Wildman–Crippen MR) is 88.3 cm³/mol. The number of aromatic nitrogens is 1. The van der Waals surface area contributed by atoms with Crippen molar-refractivity contribution >= 4 is 16.0 Å². The second-order valence-electron chi connectivity index (χ2n) is 6.31. The molecule has 3 heterocycles. The number of piperidine rings is 1. The second kappa shape index (κ2) is 6.72. The van der Waals surface area contributed by atoms with Gasteiger partial charge in [-0.05, 0) is 25.0 Å². The van der Waals surface area contributed by atoms with E-state index in [2.05, 4.69) is 10.3 Å². The summed E-state index contributed by atoms with van der Waals surface area (Å²) in [5.41, 5.74) is 0. The van der Waals surface area contributed by atoms with Crippen LogP contribution in [-0.2, 0) is 14.9 Å². The summed E-state index contributed by atoms with van der Waals surface area (Å²) >= 11 is 0. The van der Waals surface area contributed by atoms with E-state index >= 15 is 0 Å². The molecule has 128 valence electrons. The lowest BCUT2D eigenvalue weighted by atomic mass is 9.86. The van der Waals surface area contributed by atoms with Crippen LogP contribution in [0, 0.1) is 5.92 Å². The number of anilines is 1. The number of pyridine rings is 1. The SMILES string of the molecule is CN(C)S(=O)(=O)N1C[C@H]2CCCO[C@H]2[C@@H](Nc2ccccn2)C1. The van der Waals surface area contributed by atoms with Crippen molar-refractivity contribution in [1.29, 1.82) is 0 Å². The standard InChI is InChI=1S/C15H24N4O3S/c1-18(2)23(20,21)19-10-12-6-5-9-22-15(12)13(11-19)17-14-7-3-4-8-16-14/h3-4,7-8,12-13,15H,5-6,9-11H2,1-2H3,(H,16,17)/t12-,13+,15-/m1/s1. The van der Waals surface area contributed by atoms with Gasteiger partial charge in [0.2, 0.25) is 0 Å². The van der Waals surface area contributed by atoms with E-state index in [1.807, 2.05) is 18.2 Å². The van der Waals surface area contributed by atoms with Crippen molar-refractivity contribution in [3.63, 3.8) is 0 Å². The fourth-order valence-corrected chi connectivity index (χ4v) is 4.54. The fraction of sp³-hybridized carbons (Fsp3) is 0.667. The first-order valence-corrected chi connectivity index (χ1v) is 9.35. The maximum absolute atomic E-state index is 12.5. The first-order chi connectivity index (χ1) is 11.0. The van der Waals surface area contributed by atoms with E-state index in [4.69, 9.17) is 4.74 Å². The Morgan fingerprint density at radius 2 is 2.17 bits per heavy atom. The van der Waals surface area contributed by atoms with Gasteiger partial charge in [-0.25, -0.2) is 4.98 Å². The second-order valence-corrected chi connectivity index (χ2v) is 8.45. The molecule has 3 atom stereocenters. The van der Waals surface area contributed by atoms with Gasteiger partial charge in [0.1, 0.15) is 5.82 Å². The minimum atomic E-state index is -3.43. The molecule has 3 rings (SSSR count). The van der Waals surface area contributed by atoms with Crippen molar-refractivity contribution in [2.75, 3.05) is 39.1 Å². The van der Waals surface area contributed by atoms with Crippen molar-refractivity contribution in [2.24, 2.45) is 5.92 Å². The lowest BCUT2D eigenvalue weighted by molar-refractivity contribution is -0.0609. The highest BCUT2D eigenvalue weighted by atomic mass is 32.2. The molecular weight excluding hydrogens is 316 g/mol. The highest BCUT2D eigenvalue weighted by Gasteiger charge is 2.43. The molecular formula is C15H24N4O3S. The van der Waals surface area contributed by atoms with E-state index in [1.165, 1.54) is 4.31 Å².